The van der Waals surface area contributed by atoms with Gasteiger partial charge in [0.15, 0.2) is 0 Å². The Morgan fingerprint density at radius 1 is 1.00 bits per heavy atom. The summed E-state index contributed by atoms with van der Waals surface area (Å²) in [6.07, 6.45) is 6.73. The van der Waals surface area contributed by atoms with Crippen LogP contribution in [0.3, 0.4) is 0 Å². The molecule has 86 valence electrons. The molecule has 1 aromatic carbocycles. The van der Waals surface area contributed by atoms with E-state index < -0.39 is 0 Å². The summed E-state index contributed by atoms with van der Waals surface area (Å²) in [5.74, 6) is 2.93. The van der Waals surface area contributed by atoms with Crippen molar-refractivity contribution in [2.24, 2.45) is 0 Å². The highest BCUT2D eigenvalue weighted by Gasteiger charge is 1.88. The summed E-state index contributed by atoms with van der Waals surface area (Å²) in [6.45, 7) is 0.958. The van der Waals surface area contributed by atoms with E-state index in [2.05, 4.69) is 12.0 Å². The van der Waals surface area contributed by atoms with Gasteiger partial charge in [-0.2, -0.15) is 0 Å². The minimum atomic E-state index is 0.286. The van der Waals surface area contributed by atoms with Crippen molar-refractivity contribution in [2.45, 2.75) is 25.7 Å². The highest BCUT2D eigenvalue weighted by molar-refractivity contribution is 5.32. The Labute approximate surface area is 97.3 Å². The van der Waals surface area contributed by atoms with Crippen LogP contribution in [0, 0.1) is 12.0 Å². The van der Waals surface area contributed by atoms with Gasteiger partial charge in [-0.25, -0.2) is 0 Å². The molecule has 0 aromatic heterocycles. The van der Waals surface area contributed by atoms with Gasteiger partial charge in [-0.05, 0) is 37.3 Å². The molecule has 0 bridgehead atoms. The summed E-state index contributed by atoms with van der Waals surface area (Å²) in [6, 6.07) is 9.79. The number of aliphatic hydroxyl groups is 1. The Morgan fingerprint density at radius 2 is 1.75 bits per heavy atom. The lowest BCUT2D eigenvalue weighted by molar-refractivity contribution is 0.257. The van der Waals surface area contributed by atoms with Crippen LogP contribution in [-0.2, 0) is 4.74 Å². The lowest BCUT2D eigenvalue weighted by Gasteiger charge is -1.97. The molecule has 0 aliphatic heterocycles. The average Bonchev–Trinajstić information content (AvgIpc) is 2.34. The number of ether oxygens (including phenoxy) is 1. The molecule has 0 saturated heterocycles. The lowest BCUT2D eigenvalue weighted by Crippen LogP contribution is -1.89. The van der Waals surface area contributed by atoms with E-state index in [4.69, 9.17) is 9.84 Å². The van der Waals surface area contributed by atoms with Gasteiger partial charge in [0.05, 0.1) is 0 Å². The molecule has 1 aromatic rings. The molecule has 0 unspecified atom stereocenters. The predicted molar refractivity (Wildman–Crippen MR) is 64.8 cm³/mol. The molecule has 0 atom stereocenters. The summed E-state index contributed by atoms with van der Waals surface area (Å²) in [7, 11) is 0. The van der Waals surface area contributed by atoms with Crippen LogP contribution in [-0.4, -0.2) is 18.3 Å². The third kappa shape index (κ3) is 6.10. The van der Waals surface area contributed by atoms with E-state index >= 15 is 0 Å². The third-order valence-corrected chi connectivity index (χ3v) is 2.20. The topological polar surface area (TPSA) is 29.5 Å². The first kappa shape index (κ1) is 12.6. The second-order valence-corrected chi connectivity index (χ2v) is 3.58. The average molecular weight is 218 g/mol. The van der Waals surface area contributed by atoms with Gasteiger partial charge in [-0.1, -0.05) is 24.6 Å². The number of benzene rings is 1. The molecule has 0 radical (unpaired) electrons. The second-order valence-electron chi connectivity index (χ2n) is 3.58. The highest BCUT2D eigenvalue weighted by Crippen LogP contribution is 1.99. The zero-order valence-corrected chi connectivity index (χ0v) is 9.48. The van der Waals surface area contributed by atoms with Gasteiger partial charge in [0.1, 0.15) is 12.7 Å². The summed E-state index contributed by atoms with van der Waals surface area (Å²) in [5.41, 5.74) is 0.975. The summed E-state index contributed by atoms with van der Waals surface area (Å²) in [5, 5.41) is 8.58. The van der Waals surface area contributed by atoms with E-state index in [0.717, 1.165) is 31.2 Å². The molecule has 16 heavy (non-hydrogen) atoms. The number of rotatable bonds is 6. The largest absolute Gasteiger partial charge is 0.446 e. The van der Waals surface area contributed by atoms with Crippen LogP contribution in [0.15, 0.2) is 30.3 Å². The highest BCUT2D eigenvalue weighted by atomic mass is 16.5. The standard InChI is InChI=1S/C14H18O2/c15-11-6-1-2-7-12-16-13-10-14-8-4-3-5-9-14/h3-5,8-9,15H,1-2,6-7,11-12H2. The normalized spacial score (nSPS) is 9.31. The van der Waals surface area contributed by atoms with Gasteiger partial charge in [0, 0.05) is 12.2 Å². The third-order valence-electron chi connectivity index (χ3n) is 2.20. The zero-order chi connectivity index (χ0) is 11.5. The molecule has 0 heterocycles. The van der Waals surface area contributed by atoms with Crippen molar-refractivity contribution in [3.05, 3.63) is 35.9 Å². The van der Waals surface area contributed by atoms with Crippen molar-refractivity contribution in [3.63, 3.8) is 0 Å². The maximum absolute atomic E-state index is 8.58. The molecule has 0 aliphatic rings. The van der Waals surface area contributed by atoms with Crippen LogP contribution in [0.4, 0.5) is 0 Å². The maximum atomic E-state index is 8.58. The monoisotopic (exact) mass is 218 g/mol. The molecule has 1 rings (SSSR count). The van der Waals surface area contributed by atoms with Gasteiger partial charge < -0.3 is 9.84 Å². The Bertz CT molecular complexity index is 322. The van der Waals surface area contributed by atoms with Crippen molar-refractivity contribution in [2.75, 3.05) is 13.2 Å². The maximum Gasteiger partial charge on any atom is 0.115 e. The number of hydrogen-bond acceptors (Lipinski definition) is 2. The van der Waals surface area contributed by atoms with Crippen LogP contribution in [0.2, 0.25) is 0 Å². The summed E-state index contributed by atoms with van der Waals surface area (Å²) < 4.78 is 5.19. The molecule has 2 heteroatoms. The van der Waals surface area contributed by atoms with E-state index in [0.29, 0.717) is 6.61 Å². The predicted octanol–water partition coefficient (Wildman–Crippen LogP) is 2.56. The van der Waals surface area contributed by atoms with Crippen LogP contribution in [0.5, 0.6) is 0 Å². The smallest absolute Gasteiger partial charge is 0.115 e. The summed E-state index contributed by atoms with van der Waals surface area (Å²) in [4.78, 5) is 0. The Balaban J connectivity index is 2.05. The Hall–Kier alpha value is -1.46. The van der Waals surface area contributed by atoms with Crippen molar-refractivity contribution in [1.29, 1.82) is 0 Å². The quantitative estimate of drug-likeness (QED) is 0.587. The Kier molecular flexibility index (Phi) is 6.95. The van der Waals surface area contributed by atoms with E-state index in [1.54, 1.807) is 0 Å². The molecule has 2 nitrogen and oxygen atoms in total. The summed E-state index contributed by atoms with van der Waals surface area (Å²) >= 11 is 0. The molecular formula is C14H18O2. The van der Waals surface area contributed by atoms with Crippen LogP contribution in [0.25, 0.3) is 0 Å². The molecule has 0 saturated carbocycles. The van der Waals surface area contributed by atoms with Crippen molar-refractivity contribution in [1.82, 2.24) is 0 Å². The van der Waals surface area contributed by atoms with Gasteiger partial charge in [-0.15, -0.1) is 0 Å². The van der Waals surface area contributed by atoms with Crippen LogP contribution in [0.1, 0.15) is 31.2 Å². The minimum absolute atomic E-state index is 0.286. The van der Waals surface area contributed by atoms with Gasteiger partial charge in [0.25, 0.3) is 0 Å². The fourth-order valence-corrected chi connectivity index (χ4v) is 1.31. The van der Waals surface area contributed by atoms with Crippen molar-refractivity contribution < 1.29 is 9.84 Å². The number of hydrogen-bond donors (Lipinski definition) is 1. The van der Waals surface area contributed by atoms with E-state index in [1.165, 1.54) is 0 Å². The van der Waals surface area contributed by atoms with Crippen molar-refractivity contribution >= 4 is 0 Å². The second kappa shape index (κ2) is 8.82. The molecule has 1 N–H and O–H groups in total. The fourth-order valence-electron chi connectivity index (χ4n) is 1.31. The molecule has 0 amide bonds. The van der Waals surface area contributed by atoms with Crippen LogP contribution < -0.4 is 0 Å². The molecule has 0 aliphatic carbocycles. The first-order valence-corrected chi connectivity index (χ1v) is 5.72. The molecule has 0 spiro atoms. The van der Waals surface area contributed by atoms with Gasteiger partial charge >= 0.3 is 0 Å². The van der Waals surface area contributed by atoms with Gasteiger partial charge in [0.2, 0.25) is 0 Å². The molecular weight excluding hydrogens is 200 g/mol. The van der Waals surface area contributed by atoms with E-state index in [-0.39, 0.29) is 6.61 Å². The number of unbranched alkanes of at least 4 members (excludes halogenated alkanes) is 3. The van der Waals surface area contributed by atoms with E-state index in [1.807, 2.05) is 30.3 Å². The van der Waals surface area contributed by atoms with E-state index in [9.17, 15) is 0 Å². The van der Waals surface area contributed by atoms with Crippen molar-refractivity contribution in [3.8, 4) is 12.0 Å². The first-order valence-electron chi connectivity index (χ1n) is 5.72. The van der Waals surface area contributed by atoms with Gasteiger partial charge in [-0.3, -0.25) is 0 Å². The van der Waals surface area contributed by atoms with Crippen LogP contribution >= 0.6 is 0 Å². The lowest BCUT2D eigenvalue weighted by atomic mass is 10.2. The number of aliphatic hydroxyl groups excluding tert-OH is 1. The fraction of sp³-hybridized carbons (Fsp3) is 0.429. The molecule has 0 fully saturated rings. The zero-order valence-electron chi connectivity index (χ0n) is 9.48. The Morgan fingerprint density at radius 3 is 2.50 bits per heavy atom. The minimum Gasteiger partial charge on any atom is -0.446 e. The SMILES string of the molecule is OCCCCCCOC#Cc1ccccc1. The first-order chi connectivity index (χ1) is 7.93.